The molecule has 0 atom stereocenters. The van der Waals surface area contributed by atoms with E-state index in [0.717, 1.165) is 5.56 Å². The molecule has 148 valence electrons. The van der Waals surface area contributed by atoms with Gasteiger partial charge in [0.05, 0.1) is 13.2 Å². The minimum atomic E-state index is -0.795. The van der Waals surface area contributed by atoms with Crippen molar-refractivity contribution in [2.75, 3.05) is 18.5 Å². The molecule has 2 aromatic rings. The number of rotatable bonds is 7. The van der Waals surface area contributed by atoms with Gasteiger partial charge in [-0.3, -0.25) is 10.1 Å². The molecule has 0 bridgehead atoms. The summed E-state index contributed by atoms with van der Waals surface area (Å²) in [6.07, 6.45) is 2.80. The van der Waals surface area contributed by atoms with E-state index in [1.54, 1.807) is 44.2 Å². The smallest absolute Gasteiger partial charge is 0.344 e. The molecule has 0 aliphatic carbocycles. The Morgan fingerprint density at radius 3 is 2.36 bits per heavy atom. The molecule has 0 radical (unpaired) electrons. The quantitative estimate of drug-likeness (QED) is 0.546. The lowest BCUT2D eigenvalue weighted by Crippen LogP contribution is -2.16. The molecule has 0 unspecified atom stereocenters. The number of anilines is 1. The maximum atomic E-state index is 12.3. The number of aryl methyl sites for hydroxylation is 1. The van der Waals surface area contributed by atoms with Crippen LogP contribution in [0.3, 0.4) is 0 Å². The first-order chi connectivity index (χ1) is 13.4. The predicted octanol–water partition coefficient (Wildman–Crippen LogP) is 4.25. The van der Waals surface area contributed by atoms with Gasteiger partial charge >= 0.3 is 11.9 Å². The van der Waals surface area contributed by atoms with Crippen molar-refractivity contribution in [1.82, 2.24) is 0 Å². The lowest BCUT2D eigenvalue weighted by Gasteiger charge is -2.06. The lowest BCUT2D eigenvalue weighted by molar-refractivity contribution is -0.111. The Hall–Kier alpha value is -3.06. The highest BCUT2D eigenvalue weighted by atomic mass is 35.5. The van der Waals surface area contributed by atoms with Gasteiger partial charge in [0.1, 0.15) is 16.9 Å². The Morgan fingerprint density at radius 2 is 1.75 bits per heavy atom. The second kappa shape index (κ2) is 9.75. The van der Waals surface area contributed by atoms with Crippen LogP contribution in [0.5, 0.6) is 0 Å². The molecule has 2 rings (SSSR count). The minimum Gasteiger partial charge on any atom is -0.462 e. The number of hydrogen-bond acceptors (Lipinski definition) is 6. The van der Waals surface area contributed by atoms with Crippen LogP contribution in [0.15, 0.2) is 34.8 Å². The molecular formula is C20H20ClNO6. The van der Waals surface area contributed by atoms with Crippen LogP contribution < -0.4 is 5.32 Å². The van der Waals surface area contributed by atoms with Crippen LogP contribution in [-0.4, -0.2) is 31.1 Å². The van der Waals surface area contributed by atoms with E-state index in [-0.39, 0.29) is 36.0 Å². The Bertz CT molecular complexity index is 915. The summed E-state index contributed by atoms with van der Waals surface area (Å²) >= 11 is 5.91. The van der Waals surface area contributed by atoms with Gasteiger partial charge in [-0.1, -0.05) is 23.7 Å². The van der Waals surface area contributed by atoms with Crippen molar-refractivity contribution in [2.24, 2.45) is 0 Å². The number of halogens is 1. The van der Waals surface area contributed by atoms with Gasteiger partial charge in [0.15, 0.2) is 0 Å². The highest BCUT2D eigenvalue weighted by Crippen LogP contribution is 2.29. The fourth-order valence-electron chi connectivity index (χ4n) is 2.42. The van der Waals surface area contributed by atoms with Gasteiger partial charge < -0.3 is 13.9 Å². The second-order valence-corrected chi connectivity index (χ2v) is 5.99. The number of nitrogens with one attached hydrogen (secondary N) is 1. The molecule has 0 spiro atoms. The van der Waals surface area contributed by atoms with Crippen LogP contribution >= 0.6 is 11.6 Å². The molecule has 1 heterocycles. The van der Waals surface area contributed by atoms with Crippen LogP contribution in [0.4, 0.5) is 5.88 Å². The number of furan rings is 1. The first-order valence-electron chi connectivity index (χ1n) is 8.59. The zero-order valence-electron chi connectivity index (χ0n) is 15.7. The summed E-state index contributed by atoms with van der Waals surface area (Å²) in [6, 6.07) is 6.92. The molecular weight excluding hydrogens is 386 g/mol. The largest absolute Gasteiger partial charge is 0.462 e. The van der Waals surface area contributed by atoms with E-state index in [2.05, 4.69) is 5.32 Å². The highest BCUT2D eigenvalue weighted by Gasteiger charge is 2.31. The molecule has 0 fully saturated rings. The maximum Gasteiger partial charge on any atom is 0.344 e. The third-order valence-electron chi connectivity index (χ3n) is 3.56. The standard InChI is InChI=1S/C20H20ClNO6/c1-4-26-19(24)16-12(3)28-18(17(16)20(25)27-5-2)22-15(23)10-9-13-7-6-8-14(21)11-13/h6-11H,4-5H2,1-3H3,(H,22,23)/b10-9+. The Kier molecular flexibility index (Phi) is 7.40. The van der Waals surface area contributed by atoms with Gasteiger partial charge in [-0.25, -0.2) is 9.59 Å². The van der Waals surface area contributed by atoms with E-state index < -0.39 is 17.8 Å². The van der Waals surface area contributed by atoms with E-state index >= 15 is 0 Å². The van der Waals surface area contributed by atoms with Crippen molar-refractivity contribution in [3.8, 4) is 0 Å². The SMILES string of the molecule is CCOC(=O)c1c(C)oc(NC(=O)/C=C/c2cccc(Cl)c2)c1C(=O)OCC. The molecule has 0 aliphatic heterocycles. The van der Waals surface area contributed by atoms with Crippen LogP contribution in [0.25, 0.3) is 6.08 Å². The van der Waals surface area contributed by atoms with E-state index in [4.69, 9.17) is 25.5 Å². The van der Waals surface area contributed by atoms with Crippen molar-refractivity contribution in [1.29, 1.82) is 0 Å². The molecule has 1 aromatic heterocycles. The van der Waals surface area contributed by atoms with Crippen LogP contribution in [0.2, 0.25) is 5.02 Å². The van der Waals surface area contributed by atoms with Crippen molar-refractivity contribution in [2.45, 2.75) is 20.8 Å². The third kappa shape index (κ3) is 5.23. The first-order valence-corrected chi connectivity index (χ1v) is 8.97. The topological polar surface area (TPSA) is 94.8 Å². The fraction of sp³-hybridized carbons (Fsp3) is 0.250. The van der Waals surface area contributed by atoms with Crippen LogP contribution in [0.1, 0.15) is 45.9 Å². The Balaban J connectivity index is 2.31. The zero-order valence-corrected chi connectivity index (χ0v) is 16.5. The van der Waals surface area contributed by atoms with Gasteiger partial charge in [0.25, 0.3) is 5.91 Å². The van der Waals surface area contributed by atoms with Gasteiger partial charge in [-0.2, -0.15) is 0 Å². The molecule has 1 aromatic carbocycles. The predicted molar refractivity (Wildman–Crippen MR) is 104 cm³/mol. The third-order valence-corrected chi connectivity index (χ3v) is 3.79. The fourth-order valence-corrected chi connectivity index (χ4v) is 2.61. The molecule has 8 heteroatoms. The van der Waals surface area contributed by atoms with Gasteiger partial charge in [-0.05, 0) is 44.5 Å². The first kappa shape index (κ1) is 21.2. The molecule has 28 heavy (non-hydrogen) atoms. The molecule has 0 saturated carbocycles. The number of benzene rings is 1. The Labute approximate surface area is 167 Å². The summed E-state index contributed by atoms with van der Waals surface area (Å²) in [5, 5.41) is 2.99. The van der Waals surface area contributed by atoms with Crippen molar-refractivity contribution >= 4 is 41.4 Å². The van der Waals surface area contributed by atoms with Crippen LogP contribution in [-0.2, 0) is 14.3 Å². The lowest BCUT2D eigenvalue weighted by atomic mass is 10.1. The Morgan fingerprint density at radius 1 is 1.11 bits per heavy atom. The van der Waals surface area contributed by atoms with E-state index in [9.17, 15) is 14.4 Å². The summed E-state index contributed by atoms with van der Waals surface area (Å²) in [4.78, 5) is 36.8. The number of hydrogen-bond donors (Lipinski definition) is 1. The van der Waals surface area contributed by atoms with Gasteiger partial charge in [0.2, 0.25) is 5.88 Å². The summed E-state index contributed by atoms with van der Waals surface area (Å²) in [6.45, 7) is 4.97. The van der Waals surface area contributed by atoms with Crippen LogP contribution in [0, 0.1) is 6.92 Å². The number of carbonyl (C=O) groups is 3. The molecule has 0 aliphatic rings. The zero-order chi connectivity index (χ0) is 20.7. The summed E-state index contributed by atoms with van der Waals surface area (Å²) in [7, 11) is 0. The highest BCUT2D eigenvalue weighted by molar-refractivity contribution is 6.30. The molecule has 1 amide bonds. The number of esters is 2. The number of ether oxygens (including phenoxy) is 2. The normalized spacial score (nSPS) is 10.7. The molecule has 0 saturated heterocycles. The number of carbonyl (C=O) groups excluding carboxylic acids is 3. The van der Waals surface area contributed by atoms with Gasteiger partial charge in [-0.15, -0.1) is 0 Å². The van der Waals surface area contributed by atoms with E-state index in [0.29, 0.717) is 5.02 Å². The average Bonchev–Trinajstić information content (AvgIpc) is 2.96. The monoisotopic (exact) mass is 405 g/mol. The van der Waals surface area contributed by atoms with Crippen molar-refractivity contribution < 1.29 is 28.3 Å². The van der Waals surface area contributed by atoms with Crippen molar-refractivity contribution in [3.63, 3.8) is 0 Å². The average molecular weight is 406 g/mol. The second-order valence-electron chi connectivity index (χ2n) is 5.56. The van der Waals surface area contributed by atoms with Gasteiger partial charge in [0, 0.05) is 11.1 Å². The summed E-state index contributed by atoms with van der Waals surface area (Å²) in [5.41, 5.74) is 0.466. The summed E-state index contributed by atoms with van der Waals surface area (Å²) in [5.74, 6) is -2.14. The summed E-state index contributed by atoms with van der Waals surface area (Å²) < 4.78 is 15.4. The minimum absolute atomic E-state index is 0.0746. The molecule has 7 nitrogen and oxygen atoms in total. The van der Waals surface area contributed by atoms with E-state index in [1.165, 1.54) is 13.0 Å². The van der Waals surface area contributed by atoms with E-state index in [1.807, 2.05) is 0 Å². The van der Waals surface area contributed by atoms with Crippen molar-refractivity contribution in [3.05, 3.63) is 57.8 Å². The maximum absolute atomic E-state index is 12.3. The number of amides is 1. The molecule has 1 N–H and O–H groups in total.